The van der Waals surface area contributed by atoms with E-state index in [4.69, 9.17) is 0 Å². The van der Waals surface area contributed by atoms with E-state index in [1.807, 2.05) is 6.92 Å². The summed E-state index contributed by atoms with van der Waals surface area (Å²) < 4.78 is 38.9. The van der Waals surface area contributed by atoms with Gasteiger partial charge in [-0.05, 0) is 18.6 Å². The number of benzene rings is 1. The summed E-state index contributed by atoms with van der Waals surface area (Å²) in [7, 11) is -3.11. The molecular weight excluding hydrogens is 253 g/mol. The Labute approximate surface area is 106 Å². The number of aromatic nitrogens is 1. The Bertz CT molecular complexity index is 674. The summed E-state index contributed by atoms with van der Waals surface area (Å²) in [4.78, 5) is 0. The zero-order valence-corrected chi connectivity index (χ0v) is 11.3. The monoisotopic (exact) mass is 269 g/mol. The zero-order chi connectivity index (χ0) is 13.3. The van der Waals surface area contributed by atoms with Crippen molar-refractivity contribution in [3.63, 3.8) is 0 Å². The van der Waals surface area contributed by atoms with Gasteiger partial charge in [-0.15, -0.1) is 0 Å². The molecule has 98 valence electrons. The van der Waals surface area contributed by atoms with Gasteiger partial charge in [-0.3, -0.25) is 0 Å². The van der Waals surface area contributed by atoms with E-state index in [-0.39, 0.29) is 17.3 Å². The Hall–Kier alpha value is -1.36. The Morgan fingerprint density at radius 3 is 2.61 bits per heavy atom. The number of nitrogens with zero attached hydrogens (tertiary/aromatic N) is 1. The molecule has 0 spiro atoms. The molecule has 1 aromatic carbocycles. The quantitative estimate of drug-likeness (QED) is 0.856. The summed E-state index contributed by atoms with van der Waals surface area (Å²) in [6.45, 7) is 4.14. The summed E-state index contributed by atoms with van der Waals surface area (Å²) in [5.41, 5.74) is 1.16. The van der Waals surface area contributed by atoms with Crippen LogP contribution in [0.3, 0.4) is 0 Å². The number of halogens is 1. The van der Waals surface area contributed by atoms with E-state index in [0.29, 0.717) is 23.0 Å². The Morgan fingerprint density at radius 2 is 2.00 bits per heavy atom. The minimum Gasteiger partial charge on any atom is -0.345 e. The van der Waals surface area contributed by atoms with E-state index in [1.165, 1.54) is 6.07 Å². The van der Waals surface area contributed by atoms with E-state index in [2.05, 4.69) is 0 Å². The fourth-order valence-corrected chi connectivity index (χ4v) is 3.00. The summed E-state index contributed by atoms with van der Waals surface area (Å²) in [6, 6.07) is 4.78. The summed E-state index contributed by atoms with van der Waals surface area (Å²) in [5.74, 6) is -0.244. The largest absolute Gasteiger partial charge is 0.345 e. The lowest BCUT2D eigenvalue weighted by Crippen LogP contribution is -2.06. The second kappa shape index (κ2) is 4.72. The highest BCUT2D eigenvalue weighted by atomic mass is 32.2. The molecule has 0 radical (unpaired) electrons. The molecule has 18 heavy (non-hydrogen) atoms. The summed E-state index contributed by atoms with van der Waals surface area (Å²) in [6.07, 6.45) is 1.74. The van der Waals surface area contributed by atoms with Crippen molar-refractivity contribution in [3.8, 4) is 0 Å². The van der Waals surface area contributed by atoms with E-state index < -0.39 is 9.84 Å². The molecule has 1 heterocycles. The van der Waals surface area contributed by atoms with Crippen LogP contribution in [-0.4, -0.2) is 18.7 Å². The SMILES string of the molecule is CCn1cc(CS(=O)(=O)CC)c2cccc(F)c21. The molecule has 0 saturated heterocycles. The average Bonchev–Trinajstić information content (AvgIpc) is 2.68. The molecule has 0 amide bonds. The van der Waals surface area contributed by atoms with Gasteiger partial charge in [-0.25, -0.2) is 12.8 Å². The third-order valence-corrected chi connectivity index (χ3v) is 4.72. The number of aryl methyl sites for hydroxylation is 1. The molecule has 2 aromatic rings. The fourth-order valence-electron chi connectivity index (χ4n) is 2.09. The van der Waals surface area contributed by atoms with Gasteiger partial charge in [0.2, 0.25) is 0 Å². The summed E-state index contributed by atoms with van der Waals surface area (Å²) >= 11 is 0. The third kappa shape index (κ3) is 2.27. The number of para-hydroxylation sites is 1. The fraction of sp³-hybridized carbons (Fsp3) is 0.385. The van der Waals surface area contributed by atoms with Crippen molar-refractivity contribution < 1.29 is 12.8 Å². The maximum atomic E-state index is 13.8. The van der Waals surface area contributed by atoms with Crippen molar-refractivity contribution >= 4 is 20.7 Å². The molecule has 0 saturated carbocycles. The molecule has 3 nitrogen and oxygen atoms in total. The highest BCUT2D eigenvalue weighted by Crippen LogP contribution is 2.25. The molecule has 0 aliphatic carbocycles. The van der Waals surface area contributed by atoms with Crippen molar-refractivity contribution in [2.24, 2.45) is 0 Å². The first-order valence-electron chi connectivity index (χ1n) is 5.95. The third-order valence-electron chi connectivity index (χ3n) is 3.09. The van der Waals surface area contributed by atoms with Gasteiger partial charge in [0.1, 0.15) is 5.82 Å². The van der Waals surface area contributed by atoms with Gasteiger partial charge < -0.3 is 4.57 Å². The van der Waals surface area contributed by atoms with Gasteiger partial charge in [-0.1, -0.05) is 19.1 Å². The van der Waals surface area contributed by atoms with Crippen LogP contribution in [0.4, 0.5) is 4.39 Å². The topological polar surface area (TPSA) is 39.1 Å². The normalized spacial score (nSPS) is 12.2. The molecule has 0 atom stereocenters. The van der Waals surface area contributed by atoms with E-state index in [0.717, 1.165) is 0 Å². The Balaban J connectivity index is 2.63. The molecule has 0 bridgehead atoms. The lowest BCUT2D eigenvalue weighted by atomic mass is 10.2. The van der Waals surface area contributed by atoms with Crippen LogP contribution in [0.5, 0.6) is 0 Å². The standard InChI is InChI=1S/C13H16FNO2S/c1-3-15-8-10(9-18(16,17)4-2)11-6-5-7-12(14)13(11)15/h5-8H,3-4,9H2,1-2H3. The van der Waals surface area contributed by atoms with Crippen LogP contribution in [0.15, 0.2) is 24.4 Å². The van der Waals surface area contributed by atoms with Gasteiger partial charge >= 0.3 is 0 Å². The predicted molar refractivity (Wildman–Crippen MR) is 70.7 cm³/mol. The second-order valence-corrected chi connectivity index (χ2v) is 6.61. The zero-order valence-electron chi connectivity index (χ0n) is 10.5. The van der Waals surface area contributed by atoms with Crippen LogP contribution in [0.2, 0.25) is 0 Å². The lowest BCUT2D eigenvalue weighted by Gasteiger charge is -2.00. The number of hydrogen-bond acceptors (Lipinski definition) is 2. The number of hydrogen-bond donors (Lipinski definition) is 0. The molecule has 0 fully saturated rings. The maximum Gasteiger partial charge on any atom is 0.154 e. The van der Waals surface area contributed by atoms with Crippen molar-refractivity contribution in [3.05, 3.63) is 35.8 Å². The Morgan fingerprint density at radius 1 is 1.28 bits per heavy atom. The summed E-state index contributed by atoms with van der Waals surface area (Å²) in [5, 5.41) is 0.689. The molecule has 0 aliphatic rings. The van der Waals surface area contributed by atoms with Crippen molar-refractivity contribution in [1.82, 2.24) is 4.57 Å². The van der Waals surface area contributed by atoms with E-state index in [9.17, 15) is 12.8 Å². The smallest absolute Gasteiger partial charge is 0.154 e. The second-order valence-electron chi connectivity index (χ2n) is 4.25. The van der Waals surface area contributed by atoms with Gasteiger partial charge in [-0.2, -0.15) is 0 Å². The molecule has 0 N–H and O–H groups in total. The van der Waals surface area contributed by atoms with E-state index in [1.54, 1.807) is 29.8 Å². The van der Waals surface area contributed by atoms with Crippen molar-refractivity contribution in [2.45, 2.75) is 26.1 Å². The van der Waals surface area contributed by atoms with Crippen LogP contribution in [0, 0.1) is 5.82 Å². The predicted octanol–water partition coefficient (Wildman–Crippen LogP) is 2.74. The average molecular weight is 269 g/mol. The van der Waals surface area contributed by atoms with Gasteiger partial charge in [0.25, 0.3) is 0 Å². The van der Waals surface area contributed by atoms with E-state index >= 15 is 0 Å². The van der Waals surface area contributed by atoms with Crippen molar-refractivity contribution in [1.29, 1.82) is 0 Å². The number of fused-ring (bicyclic) bond motifs is 1. The molecule has 1 aromatic heterocycles. The first-order valence-corrected chi connectivity index (χ1v) is 7.77. The van der Waals surface area contributed by atoms with Crippen LogP contribution < -0.4 is 0 Å². The molecule has 0 unspecified atom stereocenters. The van der Waals surface area contributed by atoms with Crippen LogP contribution >= 0.6 is 0 Å². The minimum absolute atomic E-state index is 0.0313. The molecule has 5 heteroatoms. The molecular formula is C13H16FNO2S. The minimum atomic E-state index is -3.11. The van der Waals surface area contributed by atoms with Crippen molar-refractivity contribution in [2.75, 3.05) is 5.75 Å². The number of rotatable bonds is 4. The van der Waals surface area contributed by atoms with Gasteiger partial charge in [0.05, 0.1) is 11.3 Å². The van der Waals surface area contributed by atoms with Gasteiger partial charge in [0, 0.05) is 23.9 Å². The lowest BCUT2D eigenvalue weighted by molar-refractivity contribution is 0.596. The van der Waals surface area contributed by atoms with Crippen LogP contribution in [-0.2, 0) is 22.1 Å². The highest BCUT2D eigenvalue weighted by Gasteiger charge is 2.16. The van der Waals surface area contributed by atoms with Gasteiger partial charge in [0.15, 0.2) is 9.84 Å². The van der Waals surface area contributed by atoms with Crippen LogP contribution in [0.25, 0.3) is 10.9 Å². The first kappa shape index (κ1) is 13.1. The van der Waals surface area contributed by atoms with Crippen LogP contribution in [0.1, 0.15) is 19.4 Å². The highest BCUT2D eigenvalue weighted by molar-refractivity contribution is 7.90. The first-order chi connectivity index (χ1) is 8.48. The molecule has 2 rings (SSSR count). The molecule has 0 aliphatic heterocycles. The number of sulfone groups is 1. The Kier molecular flexibility index (Phi) is 3.43. The maximum absolute atomic E-state index is 13.8.